The molecule has 0 saturated heterocycles. The largest absolute Gasteiger partial charge is 0.322 e. The SMILES string of the molecule is CC.O=C(Nc1ccc(C2=CCNCC2)cc1)N1Cc2cc(F)cnc2C1. The molecule has 0 radical (unpaired) electrons. The van der Waals surface area contributed by atoms with Gasteiger partial charge in [-0.2, -0.15) is 0 Å². The first-order valence-electron chi connectivity index (χ1n) is 9.38. The van der Waals surface area contributed by atoms with Crippen molar-refractivity contribution in [1.29, 1.82) is 0 Å². The van der Waals surface area contributed by atoms with E-state index in [4.69, 9.17) is 0 Å². The smallest absolute Gasteiger partial charge is 0.314 e. The van der Waals surface area contributed by atoms with Crippen molar-refractivity contribution in [3.05, 3.63) is 65.2 Å². The quantitative estimate of drug-likeness (QED) is 0.836. The Bertz CT molecular complexity index is 833. The maximum absolute atomic E-state index is 13.2. The van der Waals surface area contributed by atoms with E-state index in [1.165, 1.54) is 23.4 Å². The van der Waals surface area contributed by atoms with Gasteiger partial charge in [0, 0.05) is 18.8 Å². The zero-order chi connectivity index (χ0) is 19.2. The molecule has 2 N–H and O–H groups in total. The molecule has 0 spiro atoms. The number of nitrogens with one attached hydrogen (secondary N) is 2. The van der Waals surface area contributed by atoms with Crippen molar-refractivity contribution < 1.29 is 9.18 Å². The van der Waals surface area contributed by atoms with Crippen LogP contribution < -0.4 is 10.6 Å². The number of urea groups is 1. The molecule has 0 saturated carbocycles. The van der Waals surface area contributed by atoms with Crippen LogP contribution in [0.4, 0.5) is 14.9 Å². The van der Waals surface area contributed by atoms with E-state index in [1.54, 1.807) is 4.90 Å². The topological polar surface area (TPSA) is 57.3 Å². The van der Waals surface area contributed by atoms with Gasteiger partial charge in [0.1, 0.15) is 5.82 Å². The van der Waals surface area contributed by atoms with Crippen molar-refractivity contribution in [3.8, 4) is 0 Å². The van der Waals surface area contributed by atoms with Gasteiger partial charge in [-0.05, 0) is 47.9 Å². The van der Waals surface area contributed by atoms with Crippen LogP contribution in [0.5, 0.6) is 0 Å². The summed E-state index contributed by atoms with van der Waals surface area (Å²) in [7, 11) is 0. The maximum atomic E-state index is 13.2. The molecule has 2 aromatic rings. The van der Waals surface area contributed by atoms with Crippen molar-refractivity contribution in [2.45, 2.75) is 33.4 Å². The van der Waals surface area contributed by atoms with Gasteiger partial charge in [-0.1, -0.05) is 32.1 Å². The van der Waals surface area contributed by atoms with Crippen molar-refractivity contribution >= 4 is 17.3 Å². The Hall–Kier alpha value is -2.73. The molecule has 1 aromatic heterocycles. The Labute approximate surface area is 159 Å². The van der Waals surface area contributed by atoms with Crippen LogP contribution in [-0.4, -0.2) is 29.0 Å². The van der Waals surface area contributed by atoms with E-state index in [0.29, 0.717) is 13.1 Å². The average molecular weight is 368 g/mol. The van der Waals surface area contributed by atoms with Crippen LogP contribution in [0.15, 0.2) is 42.6 Å². The van der Waals surface area contributed by atoms with E-state index in [0.717, 1.165) is 36.5 Å². The van der Waals surface area contributed by atoms with Crippen LogP contribution in [0.1, 0.15) is 37.1 Å². The molecule has 0 atom stereocenters. The number of halogens is 1. The van der Waals surface area contributed by atoms with Gasteiger partial charge in [0.15, 0.2) is 0 Å². The fraction of sp³-hybridized carbons (Fsp3) is 0.333. The molecule has 6 heteroatoms. The Morgan fingerprint density at radius 2 is 2.00 bits per heavy atom. The highest BCUT2D eigenvalue weighted by Gasteiger charge is 2.24. The molecular weight excluding hydrogens is 343 g/mol. The predicted octanol–water partition coefficient (Wildman–Crippen LogP) is 4.17. The summed E-state index contributed by atoms with van der Waals surface area (Å²) in [4.78, 5) is 18.1. The maximum Gasteiger partial charge on any atom is 0.322 e. The summed E-state index contributed by atoms with van der Waals surface area (Å²) in [6, 6.07) is 9.13. The second-order valence-electron chi connectivity index (χ2n) is 6.31. The fourth-order valence-corrected chi connectivity index (χ4v) is 3.23. The number of pyridine rings is 1. The van der Waals surface area contributed by atoms with Crippen molar-refractivity contribution in [2.24, 2.45) is 0 Å². The molecule has 27 heavy (non-hydrogen) atoms. The van der Waals surface area contributed by atoms with Gasteiger partial charge < -0.3 is 15.5 Å². The molecule has 0 bridgehead atoms. The standard InChI is InChI=1S/C19H19FN4O.C2H6/c20-16-9-15-11-24(12-18(15)22-10-16)19(25)23-17-3-1-13(2-4-17)14-5-7-21-8-6-14;1-2/h1-5,9-10,21H,6-8,11-12H2,(H,23,25);1-2H3. The second-order valence-corrected chi connectivity index (χ2v) is 6.31. The van der Waals surface area contributed by atoms with Crippen LogP contribution in [0.3, 0.4) is 0 Å². The van der Waals surface area contributed by atoms with E-state index in [2.05, 4.69) is 21.7 Å². The first-order valence-corrected chi connectivity index (χ1v) is 9.38. The highest BCUT2D eigenvalue weighted by molar-refractivity contribution is 5.89. The number of fused-ring (bicyclic) bond motifs is 1. The number of hydrogen-bond donors (Lipinski definition) is 2. The molecule has 2 amide bonds. The van der Waals surface area contributed by atoms with Gasteiger partial charge >= 0.3 is 6.03 Å². The first-order chi connectivity index (χ1) is 13.2. The monoisotopic (exact) mass is 368 g/mol. The van der Waals surface area contributed by atoms with Gasteiger partial charge in [0.05, 0.1) is 18.4 Å². The normalized spacial score (nSPS) is 15.4. The van der Waals surface area contributed by atoms with Gasteiger partial charge in [-0.15, -0.1) is 0 Å². The summed E-state index contributed by atoms with van der Waals surface area (Å²) >= 11 is 0. The van der Waals surface area contributed by atoms with Gasteiger partial charge in [-0.25, -0.2) is 9.18 Å². The number of hydrogen-bond acceptors (Lipinski definition) is 3. The Kier molecular flexibility index (Phi) is 6.19. The fourth-order valence-electron chi connectivity index (χ4n) is 3.23. The molecule has 5 nitrogen and oxygen atoms in total. The van der Waals surface area contributed by atoms with Gasteiger partial charge in [0.25, 0.3) is 0 Å². The zero-order valence-corrected chi connectivity index (χ0v) is 15.8. The number of carbonyl (C=O) groups is 1. The van der Waals surface area contributed by atoms with Gasteiger partial charge in [-0.3, -0.25) is 4.98 Å². The number of rotatable bonds is 2. The average Bonchev–Trinajstić information content (AvgIpc) is 3.14. The van der Waals surface area contributed by atoms with E-state index < -0.39 is 0 Å². The number of carbonyl (C=O) groups excluding carboxylic acids is 1. The molecular formula is C21H25FN4O. The number of aromatic nitrogens is 1. The molecule has 0 aliphatic carbocycles. The van der Waals surface area contributed by atoms with Crippen molar-refractivity contribution in [3.63, 3.8) is 0 Å². The second kappa shape index (κ2) is 8.77. The minimum absolute atomic E-state index is 0.202. The molecule has 3 heterocycles. The number of amides is 2. The van der Waals surface area contributed by atoms with Crippen LogP contribution in [0, 0.1) is 5.82 Å². The first kappa shape index (κ1) is 19.0. The Morgan fingerprint density at radius 3 is 2.70 bits per heavy atom. The third-order valence-electron chi connectivity index (χ3n) is 4.59. The Morgan fingerprint density at radius 1 is 1.22 bits per heavy atom. The lowest BCUT2D eigenvalue weighted by Gasteiger charge is -2.17. The molecule has 142 valence electrons. The summed E-state index contributed by atoms with van der Waals surface area (Å²) in [5, 5.41) is 6.19. The lowest BCUT2D eigenvalue weighted by Crippen LogP contribution is -2.30. The summed E-state index contributed by atoms with van der Waals surface area (Å²) in [6.45, 7) is 6.68. The summed E-state index contributed by atoms with van der Waals surface area (Å²) < 4.78 is 13.2. The van der Waals surface area contributed by atoms with Gasteiger partial charge in [0.2, 0.25) is 0 Å². The highest BCUT2D eigenvalue weighted by atomic mass is 19.1. The minimum atomic E-state index is -0.371. The number of anilines is 1. The van der Waals surface area contributed by atoms with Crippen LogP contribution in [-0.2, 0) is 13.1 Å². The molecule has 2 aliphatic rings. The zero-order valence-electron chi connectivity index (χ0n) is 15.8. The summed E-state index contributed by atoms with van der Waals surface area (Å²) in [6.07, 6.45) is 4.40. The molecule has 0 unspecified atom stereocenters. The third-order valence-corrected chi connectivity index (χ3v) is 4.59. The number of nitrogens with zero attached hydrogens (tertiary/aromatic N) is 2. The molecule has 0 fully saturated rings. The highest BCUT2D eigenvalue weighted by Crippen LogP contribution is 2.24. The predicted molar refractivity (Wildman–Crippen MR) is 106 cm³/mol. The lowest BCUT2D eigenvalue weighted by atomic mass is 10.0. The molecule has 2 aliphatic heterocycles. The summed E-state index contributed by atoms with van der Waals surface area (Å²) in [5.74, 6) is -0.371. The van der Waals surface area contributed by atoms with E-state index in [1.807, 2.05) is 38.1 Å². The lowest BCUT2D eigenvalue weighted by molar-refractivity contribution is 0.212. The number of benzene rings is 1. The third kappa shape index (κ3) is 4.52. The van der Waals surface area contributed by atoms with Crippen LogP contribution >= 0.6 is 0 Å². The van der Waals surface area contributed by atoms with Crippen LogP contribution in [0.25, 0.3) is 5.57 Å². The van der Waals surface area contributed by atoms with E-state index in [-0.39, 0.29) is 11.8 Å². The van der Waals surface area contributed by atoms with E-state index >= 15 is 0 Å². The minimum Gasteiger partial charge on any atom is -0.314 e. The van der Waals surface area contributed by atoms with E-state index in [9.17, 15) is 9.18 Å². The summed E-state index contributed by atoms with van der Waals surface area (Å²) in [5.41, 5.74) is 4.79. The van der Waals surface area contributed by atoms with Crippen molar-refractivity contribution in [2.75, 3.05) is 18.4 Å². The molecule has 1 aromatic carbocycles. The molecule has 4 rings (SSSR count). The van der Waals surface area contributed by atoms with Crippen LogP contribution in [0.2, 0.25) is 0 Å². The van der Waals surface area contributed by atoms with Crippen molar-refractivity contribution in [1.82, 2.24) is 15.2 Å². The Balaban J connectivity index is 0.00000102.